The smallest absolute Gasteiger partial charge is 0.260 e. The number of rotatable bonds is 9. The molecule has 174 valence electrons. The van der Waals surface area contributed by atoms with E-state index in [1.165, 1.54) is 40.7 Å². The highest BCUT2D eigenvalue weighted by Crippen LogP contribution is 2.31. The number of benzene rings is 2. The van der Waals surface area contributed by atoms with Gasteiger partial charge in [-0.2, -0.15) is 4.31 Å². The fourth-order valence-corrected chi connectivity index (χ4v) is 4.72. The van der Waals surface area contributed by atoms with Gasteiger partial charge in [-0.05, 0) is 50.2 Å². The summed E-state index contributed by atoms with van der Waals surface area (Å²) in [6, 6.07) is 9.95. The number of sulfonamides is 1. The van der Waals surface area contributed by atoms with Gasteiger partial charge in [-0.3, -0.25) is 4.79 Å². The Morgan fingerprint density at radius 2 is 1.53 bits per heavy atom. The number of ether oxygens (including phenoxy) is 3. The average Bonchev–Trinajstić information content (AvgIpc) is 2.80. The van der Waals surface area contributed by atoms with Crippen LogP contribution in [0.2, 0.25) is 0 Å². The van der Waals surface area contributed by atoms with Crippen LogP contribution < -0.4 is 14.2 Å². The van der Waals surface area contributed by atoms with Gasteiger partial charge in [-0.25, -0.2) is 12.8 Å². The Morgan fingerprint density at radius 3 is 2.16 bits per heavy atom. The van der Waals surface area contributed by atoms with Crippen LogP contribution in [-0.4, -0.2) is 69.5 Å². The van der Waals surface area contributed by atoms with Gasteiger partial charge in [0.25, 0.3) is 5.91 Å². The summed E-state index contributed by atoms with van der Waals surface area (Å²) >= 11 is 0. The first kappa shape index (κ1) is 23.8. The molecule has 0 spiro atoms. The van der Waals surface area contributed by atoms with Gasteiger partial charge in [0, 0.05) is 32.2 Å². The highest BCUT2D eigenvalue weighted by atomic mass is 32.2. The molecule has 0 saturated carbocycles. The number of hydrogen-bond donors (Lipinski definition) is 0. The molecule has 1 amide bonds. The van der Waals surface area contributed by atoms with E-state index in [-0.39, 0.29) is 49.4 Å². The van der Waals surface area contributed by atoms with Crippen LogP contribution in [0.15, 0.2) is 47.4 Å². The molecule has 1 saturated heterocycles. The van der Waals surface area contributed by atoms with E-state index in [1.54, 1.807) is 11.0 Å². The summed E-state index contributed by atoms with van der Waals surface area (Å²) < 4.78 is 56.9. The van der Waals surface area contributed by atoms with Crippen LogP contribution in [0.3, 0.4) is 0 Å². The van der Waals surface area contributed by atoms with Crippen LogP contribution >= 0.6 is 0 Å². The molecular weight excluding hydrogens is 439 g/mol. The van der Waals surface area contributed by atoms with Gasteiger partial charge in [0.2, 0.25) is 10.0 Å². The largest absolute Gasteiger partial charge is 0.490 e. The van der Waals surface area contributed by atoms with Gasteiger partial charge < -0.3 is 19.1 Å². The Bertz CT molecular complexity index is 1020. The predicted octanol–water partition coefficient (Wildman–Crippen LogP) is 2.54. The molecule has 1 fully saturated rings. The van der Waals surface area contributed by atoms with Crippen molar-refractivity contribution in [3.05, 3.63) is 48.3 Å². The average molecular weight is 467 g/mol. The van der Waals surface area contributed by atoms with Crippen LogP contribution in [0.1, 0.15) is 13.8 Å². The SMILES string of the molecule is CCOc1ccc(S(=O)(=O)N2CCN(C(=O)COc3ccc(F)cc3)CC2)cc1OCC. The van der Waals surface area contributed by atoms with Crippen LogP contribution in [0, 0.1) is 5.82 Å². The molecule has 10 heteroatoms. The molecule has 0 aliphatic carbocycles. The van der Waals surface area contributed by atoms with Gasteiger partial charge in [0.1, 0.15) is 11.6 Å². The van der Waals surface area contributed by atoms with Crippen molar-refractivity contribution in [3.63, 3.8) is 0 Å². The first-order valence-corrected chi connectivity index (χ1v) is 11.8. The topological polar surface area (TPSA) is 85.4 Å². The number of halogens is 1. The van der Waals surface area contributed by atoms with E-state index < -0.39 is 10.0 Å². The lowest BCUT2D eigenvalue weighted by Crippen LogP contribution is -2.51. The Morgan fingerprint density at radius 1 is 0.906 bits per heavy atom. The number of carbonyl (C=O) groups excluding carboxylic acids is 1. The van der Waals surface area contributed by atoms with Crippen LogP contribution in [0.5, 0.6) is 17.2 Å². The van der Waals surface area contributed by atoms with E-state index in [0.29, 0.717) is 30.5 Å². The molecule has 32 heavy (non-hydrogen) atoms. The molecule has 2 aromatic carbocycles. The lowest BCUT2D eigenvalue weighted by Gasteiger charge is -2.34. The molecule has 1 heterocycles. The maximum absolute atomic E-state index is 13.1. The molecule has 0 atom stereocenters. The van der Waals surface area contributed by atoms with Crippen molar-refractivity contribution in [2.75, 3.05) is 46.0 Å². The molecule has 2 aromatic rings. The third kappa shape index (κ3) is 5.68. The first-order valence-electron chi connectivity index (χ1n) is 10.4. The van der Waals surface area contributed by atoms with Crippen molar-refractivity contribution in [2.45, 2.75) is 18.7 Å². The second-order valence-corrected chi connectivity index (χ2v) is 8.94. The van der Waals surface area contributed by atoms with Gasteiger partial charge in [-0.1, -0.05) is 0 Å². The summed E-state index contributed by atoms with van der Waals surface area (Å²) in [4.78, 5) is 14.1. The molecule has 1 aliphatic heterocycles. The zero-order valence-corrected chi connectivity index (χ0v) is 18.9. The fraction of sp³-hybridized carbons (Fsp3) is 0.409. The summed E-state index contributed by atoms with van der Waals surface area (Å²) in [6.45, 7) is 5.11. The molecule has 0 bridgehead atoms. The maximum Gasteiger partial charge on any atom is 0.260 e. The zero-order valence-electron chi connectivity index (χ0n) is 18.1. The number of piperazine rings is 1. The highest BCUT2D eigenvalue weighted by Gasteiger charge is 2.31. The summed E-state index contributed by atoms with van der Waals surface area (Å²) in [5.74, 6) is 0.613. The van der Waals surface area contributed by atoms with E-state index in [2.05, 4.69) is 0 Å². The quantitative estimate of drug-likeness (QED) is 0.565. The standard InChI is InChI=1S/C22H27FN2O6S/c1-3-29-20-10-9-19(15-21(20)30-4-2)32(27,28)25-13-11-24(12-14-25)22(26)16-31-18-7-5-17(23)6-8-18/h5-10,15H,3-4,11-14,16H2,1-2H3. The minimum absolute atomic E-state index is 0.115. The third-order valence-corrected chi connectivity index (χ3v) is 6.81. The second kappa shape index (κ2) is 10.6. The first-order chi connectivity index (χ1) is 15.3. The monoisotopic (exact) mass is 466 g/mol. The molecule has 0 aromatic heterocycles. The molecule has 3 rings (SSSR count). The Labute approximate surface area is 187 Å². The van der Waals surface area contributed by atoms with E-state index >= 15 is 0 Å². The van der Waals surface area contributed by atoms with Gasteiger partial charge >= 0.3 is 0 Å². The predicted molar refractivity (Wildman–Crippen MR) is 116 cm³/mol. The zero-order chi connectivity index (χ0) is 23.1. The van der Waals surface area contributed by atoms with Crippen molar-refractivity contribution in [3.8, 4) is 17.2 Å². The van der Waals surface area contributed by atoms with Crippen molar-refractivity contribution in [1.29, 1.82) is 0 Å². The molecule has 1 aliphatic rings. The Hall–Kier alpha value is -2.85. The van der Waals surface area contributed by atoms with Crippen molar-refractivity contribution >= 4 is 15.9 Å². The van der Waals surface area contributed by atoms with Gasteiger partial charge in [0.15, 0.2) is 18.1 Å². The number of carbonyl (C=O) groups is 1. The van der Waals surface area contributed by atoms with Gasteiger partial charge in [0.05, 0.1) is 18.1 Å². The van der Waals surface area contributed by atoms with Crippen LogP contribution in [-0.2, 0) is 14.8 Å². The van der Waals surface area contributed by atoms with E-state index in [0.717, 1.165) is 0 Å². The number of amides is 1. The van der Waals surface area contributed by atoms with Crippen LogP contribution in [0.25, 0.3) is 0 Å². The summed E-state index contributed by atoms with van der Waals surface area (Å²) in [5.41, 5.74) is 0. The lowest BCUT2D eigenvalue weighted by molar-refractivity contribution is -0.134. The minimum Gasteiger partial charge on any atom is -0.490 e. The number of nitrogens with zero attached hydrogens (tertiary/aromatic N) is 2. The van der Waals surface area contributed by atoms with E-state index in [9.17, 15) is 17.6 Å². The van der Waals surface area contributed by atoms with Crippen LogP contribution in [0.4, 0.5) is 4.39 Å². The van der Waals surface area contributed by atoms with Crippen molar-refractivity contribution < 1.29 is 31.8 Å². The molecule has 8 nitrogen and oxygen atoms in total. The third-order valence-electron chi connectivity index (χ3n) is 4.92. The normalized spacial score (nSPS) is 14.8. The van der Waals surface area contributed by atoms with Crippen molar-refractivity contribution in [2.24, 2.45) is 0 Å². The van der Waals surface area contributed by atoms with E-state index in [4.69, 9.17) is 14.2 Å². The summed E-state index contributed by atoms with van der Waals surface area (Å²) in [7, 11) is -3.75. The van der Waals surface area contributed by atoms with Gasteiger partial charge in [-0.15, -0.1) is 0 Å². The second-order valence-electron chi connectivity index (χ2n) is 7.00. The maximum atomic E-state index is 13.1. The molecule has 0 N–H and O–H groups in total. The molecular formula is C22H27FN2O6S. The molecule has 0 radical (unpaired) electrons. The van der Waals surface area contributed by atoms with E-state index in [1.807, 2.05) is 13.8 Å². The summed E-state index contributed by atoms with van der Waals surface area (Å²) in [5, 5.41) is 0. The summed E-state index contributed by atoms with van der Waals surface area (Å²) in [6.07, 6.45) is 0. The number of hydrogen-bond acceptors (Lipinski definition) is 6. The fourth-order valence-electron chi connectivity index (χ4n) is 3.29. The Balaban J connectivity index is 1.60. The highest BCUT2D eigenvalue weighted by molar-refractivity contribution is 7.89. The minimum atomic E-state index is -3.75. The lowest BCUT2D eigenvalue weighted by atomic mass is 10.3. The molecule has 0 unspecified atom stereocenters. The van der Waals surface area contributed by atoms with Crippen molar-refractivity contribution in [1.82, 2.24) is 9.21 Å². The Kier molecular flexibility index (Phi) is 7.92.